The maximum Gasteiger partial charge on any atom is 0.251 e. The van der Waals surface area contributed by atoms with E-state index in [1.807, 2.05) is 28.8 Å². The molecule has 0 aliphatic rings. The van der Waals surface area contributed by atoms with Crippen molar-refractivity contribution in [1.82, 2.24) is 14.9 Å². The van der Waals surface area contributed by atoms with Crippen molar-refractivity contribution in [3.8, 4) is 0 Å². The molecule has 0 spiro atoms. The second kappa shape index (κ2) is 8.69. The first-order valence-corrected chi connectivity index (χ1v) is 10.0. The molecule has 0 aliphatic heterocycles. The molecular formula is C23H17Cl2N3O2. The van der Waals surface area contributed by atoms with Crippen LogP contribution in [0, 0.1) is 0 Å². The fourth-order valence-electron chi connectivity index (χ4n) is 3.20. The minimum absolute atomic E-state index is 0.0720. The molecule has 150 valence electrons. The fourth-order valence-corrected chi connectivity index (χ4v) is 3.51. The average molecular weight is 438 g/mol. The SMILES string of the molecule is O=C(Cn1c(CNC(=O)c2cccc(Cl)c2)nc2ccccc21)c1ccc(Cl)cc1. The summed E-state index contributed by atoms with van der Waals surface area (Å²) in [5.41, 5.74) is 2.61. The molecule has 7 heteroatoms. The minimum Gasteiger partial charge on any atom is -0.345 e. The van der Waals surface area contributed by atoms with Crippen molar-refractivity contribution >= 4 is 45.9 Å². The molecule has 0 atom stereocenters. The number of fused-ring (bicyclic) bond motifs is 1. The van der Waals surface area contributed by atoms with E-state index in [9.17, 15) is 9.59 Å². The molecule has 0 radical (unpaired) electrons. The predicted molar refractivity (Wildman–Crippen MR) is 118 cm³/mol. The number of amides is 1. The van der Waals surface area contributed by atoms with Gasteiger partial charge in [0.2, 0.25) is 0 Å². The first-order valence-electron chi connectivity index (χ1n) is 9.28. The normalized spacial score (nSPS) is 10.9. The molecule has 3 aromatic carbocycles. The van der Waals surface area contributed by atoms with Crippen molar-refractivity contribution < 1.29 is 9.59 Å². The zero-order valence-electron chi connectivity index (χ0n) is 15.8. The Morgan fingerprint density at radius 2 is 1.63 bits per heavy atom. The summed E-state index contributed by atoms with van der Waals surface area (Å²) in [6.45, 7) is 0.276. The van der Waals surface area contributed by atoms with Gasteiger partial charge in [0, 0.05) is 21.2 Å². The van der Waals surface area contributed by atoms with Crippen LogP contribution in [0.1, 0.15) is 26.5 Å². The average Bonchev–Trinajstić information content (AvgIpc) is 3.10. The van der Waals surface area contributed by atoms with Crippen LogP contribution in [0.3, 0.4) is 0 Å². The Balaban J connectivity index is 1.59. The summed E-state index contributed by atoms with van der Waals surface area (Å²) in [6, 6.07) is 21.0. The van der Waals surface area contributed by atoms with E-state index in [0.717, 1.165) is 11.0 Å². The van der Waals surface area contributed by atoms with Gasteiger partial charge in [-0.05, 0) is 54.6 Å². The maximum atomic E-state index is 12.8. The van der Waals surface area contributed by atoms with Crippen LogP contribution in [0.15, 0.2) is 72.8 Å². The van der Waals surface area contributed by atoms with Crippen molar-refractivity contribution in [3.05, 3.63) is 99.8 Å². The molecule has 1 aromatic heterocycles. The Morgan fingerprint density at radius 1 is 0.867 bits per heavy atom. The first kappa shape index (κ1) is 20.1. The lowest BCUT2D eigenvalue weighted by molar-refractivity contribution is 0.0949. The molecule has 4 rings (SSSR count). The van der Waals surface area contributed by atoms with Gasteiger partial charge in [-0.2, -0.15) is 0 Å². The monoisotopic (exact) mass is 437 g/mol. The second-order valence-corrected chi connectivity index (χ2v) is 7.60. The van der Waals surface area contributed by atoms with Crippen molar-refractivity contribution in [3.63, 3.8) is 0 Å². The van der Waals surface area contributed by atoms with Gasteiger partial charge in [0.25, 0.3) is 5.91 Å². The van der Waals surface area contributed by atoms with Crippen LogP contribution < -0.4 is 5.32 Å². The van der Waals surface area contributed by atoms with Crippen LogP contribution in [-0.4, -0.2) is 21.2 Å². The number of hydrogen-bond acceptors (Lipinski definition) is 3. The highest BCUT2D eigenvalue weighted by molar-refractivity contribution is 6.31. The summed E-state index contributed by atoms with van der Waals surface area (Å²) in [4.78, 5) is 29.9. The lowest BCUT2D eigenvalue weighted by Gasteiger charge is -2.10. The van der Waals surface area contributed by atoms with Crippen LogP contribution in [0.2, 0.25) is 10.0 Å². The van der Waals surface area contributed by atoms with Gasteiger partial charge in [-0.1, -0.05) is 41.4 Å². The van der Waals surface area contributed by atoms with Crippen LogP contribution in [-0.2, 0) is 13.1 Å². The summed E-state index contributed by atoms with van der Waals surface area (Å²) in [7, 11) is 0. The van der Waals surface area contributed by atoms with Crippen LogP contribution in [0.5, 0.6) is 0 Å². The number of imidazole rings is 1. The van der Waals surface area contributed by atoms with E-state index in [2.05, 4.69) is 10.3 Å². The second-order valence-electron chi connectivity index (χ2n) is 6.73. The van der Waals surface area contributed by atoms with Gasteiger partial charge in [0.1, 0.15) is 5.82 Å². The fraction of sp³-hybridized carbons (Fsp3) is 0.0870. The number of rotatable bonds is 6. The molecule has 0 aliphatic carbocycles. The summed E-state index contributed by atoms with van der Waals surface area (Å²) in [6.07, 6.45) is 0. The topological polar surface area (TPSA) is 64.0 Å². The lowest BCUT2D eigenvalue weighted by atomic mass is 10.1. The van der Waals surface area contributed by atoms with Gasteiger partial charge in [0.05, 0.1) is 24.1 Å². The zero-order chi connectivity index (χ0) is 21.1. The van der Waals surface area contributed by atoms with E-state index in [1.165, 1.54) is 0 Å². The van der Waals surface area contributed by atoms with Crippen molar-refractivity contribution in [2.24, 2.45) is 0 Å². The van der Waals surface area contributed by atoms with E-state index in [1.54, 1.807) is 48.5 Å². The molecule has 0 bridgehead atoms. The Labute approximate surface area is 183 Å². The molecule has 0 saturated carbocycles. The van der Waals surface area contributed by atoms with E-state index in [0.29, 0.717) is 27.0 Å². The van der Waals surface area contributed by atoms with Crippen molar-refractivity contribution in [2.45, 2.75) is 13.1 Å². The number of Topliss-reactive ketones (excluding diaryl/α,β-unsaturated/α-hetero) is 1. The maximum absolute atomic E-state index is 12.8. The van der Waals surface area contributed by atoms with Gasteiger partial charge in [-0.25, -0.2) is 4.98 Å². The number of nitrogens with one attached hydrogen (secondary N) is 1. The van der Waals surface area contributed by atoms with E-state index >= 15 is 0 Å². The zero-order valence-corrected chi connectivity index (χ0v) is 17.3. The quantitative estimate of drug-likeness (QED) is 0.423. The predicted octanol–water partition coefficient (Wildman–Crippen LogP) is 5.16. The summed E-state index contributed by atoms with van der Waals surface area (Å²) >= 11 is 11.9. The number of para-hydroxylation sites is 2. The van der Waals surface area contributed by atoms with Crippen LogP contribution in [0.4, 0.5) is 0 Å². The largest absolute Gasteiger partial charge is 0.345 e. The molecule has 5 nitrogen and oxygen atoms in total. The number of aromatic nitrogens is 2. The molecule has 0 fully saturated rings. The Morgan fingerprint density at radius 3 is 2.40 bits per heavy atom. The molecular weight excluding hydrogens is 421 g/mol. The van der Waals surface area contributed by atoms with Gasteiger partial charge in [-0.15, -0.1) is 0 Å². The third kappa shape index (κ3) is 4.37. The van der Waals surface area contributed by atoms with E-state index < -0.39 is 0 Å². The molecule has 1 amide bonds. The Kier molecular flexibility index (Phi) is 5.84. The smallest absolute Gasteiger partial charge is 0.251 e. The Hall–Kier alpha value is -3.15. The number of carbonyl (C=O) groups excluding carboxylic acids is 2. The third-order valence-corrected chi connectivity index (χ3v) is 5.18. The third-order valence-electron chi connectivity index (χ3n) is 4.70. The highest BCUT2D eigenvalue weighted by Crippen LogP contribution is 2.18. The first-order chi connectivity index (χ1) is 14.5. The van der Waals surface area contributed by atoms with Gasteiger partial charge < -0.3 is 9.88 Å². The molecule has 4 aromatic rings. The van der Waals surface area contributed by atoms with Crippen LogP contribution >= 0.6 is 23.2 Å². The van der Waals surface area contributed by atoms with E-state index in [4.69, 9.17) is 23.2 Å². The molecule has 1 N–H and O–H groups in total. The highest BCUT2D eigenvalue weighted by Gasteiger charge is 2.16. The lowest BCUT2D eigenvalue weighted by Crippen LogP contribution is -2.25. The Bertz CT molecular complexity index is 1230. The van der Waals surface area contributed by atoms with Crippen molar-refractivity contribution in [2.75, 3.05) is 0 Å². The molecule has 0 saturated heterocycles. The molecule has 0 unspecified atom stereocenters. The molecule has 30 heavy (non-hydrogen) atoms. The highest BCUT2D eigenvalue weighted by atomic mass is 35.5. The number of hydrogen-bond donors (Lipinski definition) is 1. The number of ketones is 1. The minimum atomic E-state index is -0.264. The van der Waals surface area contributed by atoms with E-state index in [-0.39, 0.29) is 24.8 Å². The summed E-state index contributed by atoms with van der Waals surface area (Å²) < 4.78 is 1.82. The number of halogens is 2. The summed E-state index contributed by atoms with van der Waals surface area (Å²) in [5, 5.41) is 3.92. The number of nitrogens with zero attached hydrogens (tertiary/aromatic N) is 2. The van der Waals surface area contributed by atoms with Gasteiger partial charge in [-0.3, -0.25) is 9.59 Å². The number of carbonyl (C=O) groups is 2. The van der Waals surface area contributed by atoms with Gasteiger partial charge >= 0.3 is 0 Å². The van der Waals surface area contributed by atoms with Crippen molar-refractivity contribution in [1.29, 1.82) is 0 Å². The standard InChI is InChI=1S/C23H17Cl2N3O2/c24-17-10-8-15(9-11-17)21(29)14-28-20-7-2-1-6-19(20)27-22(28)13-26-23(30)16-4-3-5-18(25)12-16/h1-12H,13-14H2,(H,26,30). The molecule has 1 heterocycles. The van der Waals surface area contributed by atoms with Crippen LogP contribution in [0.25, 0.3) is 11.0 Å². The summed E-state index contributed by atoms with van der Waals surface area (Å²) in [5.74, 6) is 0.256. The van der Waals surface area contributed by atoms with Gasteiger partial charge in [0.15, 0.2) is 5.78 Å². The number of benzene rings is 3.